The number of carbonyl (C=O) groups is 1. The van der Waals surface area contributed by atoms with E-state index in [0.717, 1.165) is 15.5 Å². The average molecular weight is 294 g/mol. The van der Waals surface area contributed by atoms with Crippen LogP contribution in [-0.4, -0.2) is 25.4 Å². The number of hydrogen-bond donors (Lipinski definition) is 2. The molecular formula is C11H8BrN3O2. The number of aliphatic carboxylic acids is 1. The highest BCUT2D eigenvalue weighted by molar-refractivity contribution is 9.10. The normalized spacial score (nSPS) is 11.4. The lowest BCUT2D eigenvalue weighted by atomic mass is 10.3. The Morgan fingerprint density at radius 1 is 1.53 bits per heavy atom. The average Bonchev–Trinajstić information content (AvgIpc) is 2.72. The number of fused-ring (bicyclic) bond motifs is 3. The highest BCUT2D eigenvalue weighted by Crippen LogP contribution is 2.21. The monoisotopic (exact) mass is 293 g/mol. The highest BCUT2D eigenvalue weighted by Gasteiger charge is 2.09. The summed E-state index contributed by atoms with van der Waals surface area (Å²) in [5.41, 5.74) is 2.47. The van der Waals surface area contributed by atoms with E-state index >= 15 is 0 Å². The van der Waals surface area contributed by atoms with Crippen LogP contribution in [0.4, 0.5) is 0 Å². The Morgan fingerprint density at radius 2 is 2.35 bits per heavy atom. The number of nitrogens with zero attached hydrogens (tertiary/aromatic N) is 2. The number of hydrogen-bond acceptors (Lipinski definition) is 2. The second kappa shape index (κ2) is 3.59. The predicted molar refractivity (Wildman–Crippen MR) is 66.1 cm³/mol. The molecule has 17 heavy (non-hydrogen) atoms. The molecule has 5 nitrogen and oxygen atoms in total. The third kappa shape index (κ3) is 1.70. The molecule has 0 saturated heterocycles. The minimum Gasteiger partial charge on any atom is -0.481 e. The SMILES string of the molecule is O=C(O)Cc1cn2c(nc3cc(Br)ccc32)[nH]1. The third-order valence-corrected chi connectivity index (χ3v) is 3.04. The van der Waals surface area contributed by atoms with Gasteiger partial charge in [-0.25, -0.2) is 4.98 Å². The van der Waals surface area contributed by atoms with E-state index in [1.807, 2.05) is 22.6 Å². The number of aromatic amines is 1. The molecule has 0 saturated carbocycles. The summed E-state index contributed by atoms with van der Waals surface area (Å²) < 4.78 is 2.83. The van der Waals surface area contributed by atoms with Crippen LogP contribution >= 0.6 is 15.9 Å². The summed E-state index contributed by atoms with van der Waals surface area (Å²) in [4.78, 5) is 18.0. The molecule has 0 fully saturated rings. The van der Waals surface area contributed by atoms with Crippen LogP contribution in [0.5, 0.6) is 0 Å². The number of carboxylic acid groups (broad SMARTS) is 1. The van der Waals surface area contributed by atoms with Gasteiger partial charge in [-0.2, -0.15) is 0 Å². The first-order valence-corrected chi connectivity index (χ1v) is 5.80. The third-order valence-electron chi connectivity index (χ3n) is 2.55. The second-order valence-corrected chi connectivity index (χ2v) is 4.70. The molecule has 0 aliphatic rings. The topological polar surface area (TPSA) is 70.4 Å². The van der Waals surface area contributed by atoms with E-state index in [0.29, 0.717) is 11.5 Å². The molecule has 2 heterocycles. The van der Waals surface area contributed by atoms with E-state index in [1.165, 1.54) is 0 Å². The van der Waals surface area contributed by atoms with E-state index in [9.17, 15) is 4.79 Å². The number of aromatic nitrogens is 3. The zero-order chi connectivity index (χ0) is 12.0. The van der Waals surface area contributed by atoms with Gasteiger partial charge in [-0.1, -0.05) is 15.9 Å². The van der Waals surface area contributed by atoms with Crippen LogP contribution in [0.2, 0.25) is 0 Å². The van der Waals surface area contributed by atoms with E-state index in [4.69, 9.17) is 5.11 Å². The largest absolute Gasteiger partial charge is 0.481 e. The Morgan fingerprint density at radius 3 is 3.12 bits per heavy atom. The van der Waals surface area contributed by atoms with Crippen molar-refractivity contribution in [2.24, 2.45) is 0 Å². The van der Waals surface area contributed by atoms with Gasteiger partial charge >= 0.3 is 5.97 Å². The molecule has 0 atom stereocenters. The van der Waals surface area contributed by atoms with Crippen molar-refractivity contribution < 1.29 is 9.90 Å². The van der Waals surface area contributed by atoms with Gasteiger partial charge in [0.05, 0.1) is 17.5 Å². The van der Waals surface area contributed by atoms with Crippen LogP contribution in [0.25, 0.3) is 16.8 Å². The lowest BCUT2D eigenvalue weighted by molar-refractivity contribution is -0.136. The van der Waals surface area contributed by atoms with Gasteiger partial charge < -0.3 is 10.1 Å². The quantitative estimate of drug-likeness (QED) is 0.761. The maximum Gasteiger partial charge on any atom is 0.309 e. The number of rotatable bonds is 2. The standard InChI is InChI=1S/C11H8BrN3O2/c12-6-1-2-9-8(3-6)14-11-13-7(4-10(16)17)5-15(9)11/h1-3,5H,4H2,(H,13,14)(H,16,17). The van der Waals surface area contributed by atoms with Crippen LogP contribution < -0.4 is 0 Å². The van der Waals surface area contributed by atoms with Gasteiger partial charge in [-0.15, -0.1) is 0 Å². The van der Waals surface area contributed by atoms with Crippen molar-refractivity contribution >= 4 is 38.7 Å². The lowest BCUT2D eigenvalue weighted by Gasteiger charge is -1.92. The molecule has 0 unspecified atom stereocenters. The smallest absolute Gasteiger partial charge is 0.309 e. The molecule has 6 heteroatoms. The van der Waals surface area contributed by atoms with E-state index in [2.05, 4.69) is 25.9 Å². The van der Waals surface area contributed by atoms with E-state index in [-0.39, 0.29) is 6.42 Å². The number of H-pyrrole nitrogens is 1. The van der Waals surface area contributed by atoms with Gasteiger partial charge in [0.1, 0.15) is 0 Å². The number of nitrogens with one attached hydrogen (secondary N) is 1. The molecule has 0 aliphatic heterocycles. The van der Waals surface area contributed by atoms with Crippen molar-refractivity contribution in [1.29, 1.82) is 0 Å². The minimum atomic E-state index is -0.860. The fourth-order valence-corrected chi connectivity index (χ4v) is 2.22. The zero-order valence-corrected chi connectivity index (χ0v) is 10.2. The van der Waals surface area contributed by atoms with Gasteiger partial charge in [0.2, 0.25) is 5.78 Å². The Hall–Kier alpha value is -1.82. The van der Waals surface area contributed by atoms with Gasteiger partial charge in [0, 0.05) is 16.4 Å². The van der Waals surface area contributed by atoms with Crippen LogP contribution in [0, 0.1) is 0 Å². The summed E-state index contributed by atoms with van der Waals surface area (Å²) in [6, 6.07) is 5.80. The predicted octanol–water partition coefficient (Wildman–Crippen LogP) is 2.21. The fourth-order valence-electron chi connectivity index (χ4n) is 1.88. The van der Waals surface area contributed by atoms with Gasteiger partial charge in [0.15, 0.2) is 0 Å². The molecule has 0 spiro atoms. The first-order valence-electron chi connectivity index (χ1n) is 5.00. The second-order valence-electron chi connectivity index (χ2n) is 3.79. The van der Waals surface area contributed by atoms with Gasteiger partial charge in [-0.05, 0) is 18.2 Å². The van der Waals surface area contributed by atoms with Crippen LogP contribution in [0.1, 0.15) is 5.69 Å². The van der Waals surface area contributed by atoms with Gasteiger partial charge in [-0.3, -0.25) is 9.20 Å². The first kappa shape index (κ1) is 10.3. The Balaban J connectivity index is 2.21. The van der Waals surface area contributed by atoms with Crippen LogP contribution in [0.3, 0.4) is 0 Å². The van der Waals surface area contributed by atoms with E-state index in [1.54, 1.807) is 6.20 Å². The van der Waals surface area contributed by atoms with Crippen molar-refractivity contribution in [3.63, 3.8) is 0 Å². The summed E-state index contributed by atoms with van der Waals surface area (Å²) in [6.45, 7) is 0. The van der Waals surface area contributed by atoms with Crippen molar-refractivity contribution in [2.45, 2.75) is 6.42 Å². The van der Waals surface area contributed by atoms with E-state index < -0.39 is 5.97 Å². The summed E-state index contributed by atoms with van der Waals surface area (Å²) in [7, 11) is 0. The maximum atomic E-state index is 10.6. The fraction of sp³-hybridized carbons (Fsp3) is 0.0909. The van der Waals surface area contributed by atoms with Crippen LogP contribution in [-0.2, 0) is 11.2 Å². The lowest BCUT2D eigenvalue weighted by Crippen LogP contribution is -1.99. The number of halogens is 1. The highest BCUT2D eigenvalue weighted by atomic mass is 79.9. The van der Waals surface area contributed by atoms with Crippen molar-refractivity contribution in [3.8, 4) is 0 Å². The molecule has 2 N–H and O–H groups in total. The molecule has 0 bridgehead atoms. The number of benzene rings is 1. The summed E-state index contributed by atoms with van der Waals surface area (Å²) in [5, 5.41) is 8.72. The zero-order valence-electron chi connectivity index (χ0n) is 8.64. The molecule has 3 rings (SSSR count). The summed E-state index contributed by atoms with van der Waals surface area (Å²) in [5.74, 6) is -0.198. The van der Waals surface area contributed by atoms with Crippen LogP contribution in [0.15, 0.2) is 28.9 Å². The minimum absolute atomic E-state index is 0.0264. The molecule has 2 aromatic heterocycles. The molecule has 0 amide bonds. The maximum absolute atomic E-state index is 10.6. The molecule has 3 aromatic rings. The Bertz CT molecular complexity index is 729. The van der Waals surface area contributed by atoms with Crippen molar-refractivity contribution in [1.82, 2.24) is 14.4 Å². The molecule has 1 aromatic carbocycles. The molecular weight excluding hydrogens is 286 g/mol. The first-order chi connectivity index (χ1) is 8.13. The number of carboxylic acids is 1. The Labute approximate surface area is 104 Å². The Kier molecular flexibility index (Phi) is 2.19. The summed E-state index contributed by atoms with van der Waals surface area (Å²) >= 11 is 3.39. The van der Waals surface area contributed by atoms with Crippen molar-refractivity contribution in [3.05, 3.63) is 34.6 Å². The molecule has 86 valence electrons. The number of imidazole rings is 2. The molecule has 0 aliphatic carbocycles. The summed E-state index contributed by atoms with van der Waals surface area (Å²) in [6.07, 6.45) is 1.74. The van der Waals surface area contributed by atoms with Gasteiger partial charge in [0.25, 0.3) is 0 Å². The molecule has 0 radical (unpaired) electrons. The van der Waals surface area contributed by atoms with Crippen molar-refractivity contribution in [2.75, 3.05) is 0 Å².